The van der Waals surface area contributed by atoms with Gasteiger partial charge in [-0.1, -0.05) is 54.0 Å². The second kappa shape index (κ2) is 7.34. The minimum Gasteiger partial charge on any atom is -0.497 e. The molecule has 0 radical (unpaired) electrons. The summed E-state index contributed by atoms with van der Waals surface area (Å²) in [4.78, 5) is 0. The van der Waals surface area contributed by atoms with Crippen molar-refractivity contribution in [2.75, 3.05) is 7.11 Å². The van der Waals surface area contributed by atoms with E-state index in [2.05, 4.69) is 34.7 Å². The Bertz CT molecular complexity index is 350. The van der Waals surface area contributed by atoms with E-state index in [0.717, 1.165) is 5.75 Å². The zero-order valence-electron chi connectivity index (χ0n) is 10.9. The molecule has 0 amide bonds. The number of hydrogen-bond donors (Lipinski definition) is 0. The maximum Gasteiger partial charge on any atom is 0.118 e. The lowest BCUT2D eigenvalue weighted by Crippen LogP contribution is -2.22. The van der Waals surface area contributed by atoms with Gasteiger partial charge in [0.25, 0.3) is 0 Å². The van der Waals surface area contributed by atoms with Crippen LogP contribution in [0.25, 0.3) is 0 Å². The van der Waals surface area contributed by atoms with Crippen LogP contribution in [0.15, 0.2) is 24.3 Å². The molecule has 1 fully saturated rings. The molecule has 0 saturated heterocycles. The SMILES string of the molecule is COc1ccc(COC2CCCCCC2I)cc1. The van der Waals surface area contributed by atoms with Crippen LogP contribution in [0, 0.1) is 0 Å². The fourth-order valence-corrected chi connectivity index (χ4v) is 3.35. The Labute approximate surface area is 123 Å². The van der Waals surface area contributed by atoms with Gasteiger partial charge in [-0.3, -0.25) is 0 Å². The van der Waals surface area contributed by atoms with Gasteiger partial charge < -0.3 is 9.47 Å². The van der Waals surface area contributed by atoms with E-state index in [1.54, 1.807) is 7.11 Å². The van der Waals surface area contributed by atoms with Crippen molar-refractivity contribution >= 4 is 22.6 Å². The lowest BCUT2D eigenvalue weighted by atomic mass is 10.1. The average molecular weight is 360 g/mol. The number of hydrogen-bond acceptors (Lipinski definition) is 2. The van der Waals surface area contributed by atoms with E-state index in [9.17, 15) is 0 Å². The van der Waals surface area contributed by atoms with Crippen LogP contribution >= 0.6 is 22.6 Å². The number of halogens is 1. The lowest BCUT2D eigenvalue weighted by molar-refractivity contribution is 0.0377. The van der Waals surface area contributed by atoms with Gasteiger partial charge in [0, 0.05) is 3.92 Å². The molecule has 1 aromatic carbocycles. The number of benzene rings is 1. The molecule has 0 heterocycles. The number of methoxy groups -OCH3 is 1. The van der Waals surface area contributed by atoms with Gasteiger partial charge in [-0.2, -0.15) is 0 Å². The Balaban J connectivity index is 1.85. The smallest absolute Gasteiger partial charge is 0.118 e. The zero-order valence-corrected chi connectivity index (χ0v) is 13.1. The van der Waals surface area contributed by atoms with Crippen LogP contribution in [0.4, 0.5) is 0 Å². The number of ether oxygens (including phenoxy) is 2. The lowest BCUT2D eigenvalue weighted by Gasteiger charge is -2.20. The quantitative estimate of drug-likeness (QED) is 0.452. The molecule has 2 atom stereocenters. The van der Waals surface area contributed by atoms with E-state index in [1.807, 2.05) is 12.1 Å². The van der Waals surface area contributed by atoms with Crippen molar-refractivity contribution in [2.24, 2.45) is 0 Å². The summed E-state index contributed by atoms with van der Waals surface area (Å²) in [5, 5.41) is 0. The first-order valence-corrected chi connectivity index (χ1v) is 7.93. The van der Waals surface area contributed by atoms with Crippen molar-refractivity contribution in [2.45, 2.75) is 48.7 Å². The number of rotatable bonds is 4. The molecular weight excluding hydrogens is 339 g/mol. The third-order valence-corrected chi connectivity index (χ3v) is 4.92. The Morgan fingerprint density at radius 3 is 2.56 bits per heavy atom. The van der Waals surface area contributed by atoms with Crippen LogP contribution in [0.3, 0.4) is 0 Å². The van der Waals surface area contributed by atoms with E-state index >= 15 is 0 Å². The fraction of sp³-hybridized carbons (Fsp3) is 0.600. The van der Waals surface area contributed by atoms with Gasteiger partial charge in [-0.25, -0.2) is 0 Å². The molecule has 0 spiro atoms. The summed E-state index contributed by atoms with van der Waals surface area (Å²) in [5.74, 6) is 0.903. The van der Waals surface area contributed by atoms with Gasteiger partial charge in [0.1, 0.15) is 5.75 Å². The molecular formula is C15H21IO2. The van der Waals surface area contributed by atoms with E-state index in [4.69, 9.17) is 9.47 Å². The van der Waals surface area contributed by atoms with E-state index in [1.165, 1.54) is 37.7 Å². The van der Waals surface area contributed by atoms with Crippen molar-refractivity contribution < 1.29 is 9.47 Å². The highest BCUT2D eigenvalue weighted by Gasteiger charge is 2.21. The monoisotopic (exact) mass is 360 g/mol. The third kappa shape index (κ3) is 4.12. The third-order valence-electron chi connectivity index (χ3n) is 3.50. The first kappa shape index (κ1) is 14.1. The molecule has 100 valence electrons. The first-order chi connectivity index (χ1) is 8.79. The van der Waals surface area contributed by atoms with Crippen molar-refractivity contribution in [1.29, 1.82) is 0 Å². The molecule has 1 aliphatic rings. The van der Waals surface area contributed by atoms with E-state index in [-0.39, 0.29) is 0 Å². The van der Waals surface area contributed by atoms with Crippen LogP contribution in [0.2, 0.25) is 0 Å². The van der Waals surface area contributed by atoms with Gasteiger partial charge in [0.05, 0.1) is 19.8 Å². The van der Waals surface area contributed by atoms with E-state index < -0.39 is 0 Å². The highest BCUT2D eigenvalue weighted by atomic mass is 127. The van der Waals surface area contributed by atoms with Crippen molar-refractivity contribution in [3.8, 4) is 5.75 Å². The molecule has 0 aliphatic heterocycles. The molecule has 3 heteroatoms. The van der Waals surface area contributed by atoms with Crippen molar-refractivity contribution in [3.05, 3.63) is 29.8 Å². The summed E-state index contributed by atoms with van der Waals surface area (Å²) in [6.07, 6.45) is 6.97. The second-order valence-electron chi connectivity index (χ2n) is 4.85. The minimum atomic E-state index is 0.426. The molecule has 0 bridgehead atoms. The zero-order chi connectivity index (χ0) is 12.8. The second-order valence-corrected chi connectivity index (χ2v) is 6.45. The fourth-order valence-electron chi connectivity index (χ4n) is 2.34. The number of alkyl halides is 1. The summed E-state index contributed by atoms with van der Waals surface area (Å²) >= 11 is 2.55. The first-order valence-electron chi connectivity index (χ1n) is 6.68. The summed E-state index contributed by atoms with van der Waals surface area (Å²) in [6, 6.07) is 8.15. The predicted octanol–water partition coefficient (Wildman–Crippen LogP) is 4.35. The Morgan fingerprint density at radius 2 is 1.83 bits per heavy atom. The summed E-state index contributed by atoms with van der Waals surface area (Å²) in [5.41, 5.74) is 1.23. The maximum absolute atomic E-state index is 6.09. The van der Waals surface area contributed by atoms with Crippen LogP contribution in [-0.4, -0.2) is 17.1 Å². The summed E-state index contributed by atoms with van der Waals surface area (Å²) in [7, 11) is 1.69. The highest BCUT2D eigenvalue weighted by Crippen LogP contribution is 2.27. The van der Waals surface area contributed by atoms with E-state index in [0.29, 0.717) is 16.6 Å². The van der Waals surface area contributed by atoms with Crippen molar-refractivity contribution in [3.63, 3.8) is 0 Å². The van der Waals surface area contributed by atoms with Gasteiger partial charge in [0.2, 0.25) is 0 Å². The molecule has 1 aliphatic carbocycles. The Kier molecular flexibility index (Phi) is 5.76. The molecule has 2 unspecified atom stereocenters. The predicted molar refractivity (Wildman–Crippen MR) is 82.5 cm³/mol. The largest absolute Gasteiger partial charge is 0.497 e. The van der Waals surface area contributed by atoms with Crippen LogP contribution in [0.1, 0.15) is 37.7 Å². The minimum absolute atomic E-state index is 0.426. The normalized spacial score (nSPS) is 24.6. The standard InChI is InChI=1S/C15H21IO2/c1-17-13-9-7-12(8-10-13)11-18-15-6-4-2-3-5-14(15)16/h7-10,14-15H,2-6,11H2,1H3. The van der Waals surface area contributed by atoms with Gasteiger partial charge in [-0.15, -0.1) is 0 Å². The molecule has 0 aromatic heterocycles. The highest BCUT2D eigenvalue weighted by molar-refractivity contribution is 14.1. The molecule has 2 rings (SSSR count). The maximum atomic E-state index is 6.09. The molecule has 1 aromatic rings. The molecule has 0 N–H and O–H groups in total. The average Bonchev–Trinajstić information content (AvgIpc) is 2.62. The summed E-state index contributed by atoms with van der Waals surface area (Å²) in [6.45, 7) is 0.716. The summed E-state index contributed by atoms with van der Waals surface area (Å²) < 4.78 is 11.9. The molecule has 18 heavy (non-hydrogen) atoms. The van der Waals surface area contributed by atoms with Crippen LogP contribution < -0.4 is 4.74 Å². The molecule has 2 nitrogen and oxygen atoms in total. The molecule has 1 saturated carbocycles. The topological polar surface area (TPSA) is 18.5 Å². The Morgan fingerprint density at radius 1 is 1.11 bits per heavy atom. The van der Waals surface area contributed by atoms with Gasteiger partial charge in [-0.05, 0) is 30.5 Å². The van der Waals surface area contributed by atoms with Gasteiger partial charge >= 0.3 is 0 Å². The van der Waals surface area contributed by atoms with Gasteiger partial charge in [0.15, 0.2) is 0 Å². The Hall–Kier alpha value is -0.290. The van der Waals surface area contributed by atoms with Crippen molar-refractivity contribution in [1.82, 2.24) is 0 Å². The van der Waals surface area contributed by atoms with Crippen LogP contribution in [-0.2, 0) is 11.3 Å². The van der Waals surface area contributed by atoms with Crippen LogP contribution in [0.5, 0.6) is 5.75 Å².